The predicted octanol–water partition coefficient (Wildman–Crippen LogP) is 1.08. The van der Waals surface area contributed by atoms with Crippen molar-refractivity contribution in [2.24, 2.45) is 5.73 Å². The van der Waals surface area contributed by atoms with Crippen molar-refractivity contribution in [3.63, 3.8) is 0 Å². The van der Waals surface area contributed by atoms with E-state index in [4.69, 9.17) is 10.5 Å². The van der Waals surface area contributed by atoms with E-state index in [1.807, 2.05) is 0 Å². The van der Waals surface area contributed by atoms with Gasteiger partial charge in [-0.2, -0.15) is 0 Å². The molecular weight excluding hydrogens is 230 g/mol. The van der Waals surface area contributed by atoms with Crippen molar-refractivity contribution in [1.29, 1.82) is 0 Å². The third kappa shape index (κ3) is 3.36. The Morgan fingerprint density at radius 3 is 2.61 bits per heavy atom. The second-order valence-corrected chi connectivity index (χ2v) is 5.37. The number of nitrogens with zero attached hydrogens (tertiary/aromatic N) is 1. The number of primary amides is 1. The summed E-state index contributed by atoms with van der Waals surface area (Å²) in [7, 11) is 0. The largest absolute Gasteiger partial charge is 0.448 e. The molecule has 2 aliphatic rings. The maximum atomic E-state index is 10.6. The average Bonchev–Trinajstić information content (AvgIpc) is 2.29. The van der Waals surface area contributed by atoms with E-state index in [2.05, 4.69) is 17.1 Å². The highest BCUT2D eigenvalue weighted by atomic mass is 16.5. The molecule has 2 rings (SSSR count). The van der Waals surface area contributed by atoms with E-state index < -0.39 is 6.09 Å². The number of piperidine rings is 2. The summed E-state index contributed by atoms with van der Waals surface area (Å²) in [5.41, 5.74) is 5.00. The molecule has 0 spiro atoms. The van der Waals surface area contributed by atoms with Crippen molar-refractivity contribution < 1.29 is 9.53 Å². The molecule has 0 aliphatic carbocycles. The standard InChI is InChI=1S/C13H25N3O2/c1-2-15-10-8-11-4-3-5-12(9-10)16(11)6-7-18-13(14)17/h10-12,15H,2-9H2,1H3,(H2,14,17). The minimum atomic E-state index is -0.664. The number of hydrogen-bond acceptors (Lipinski definition) is 4. The third-order valence-electron chi connectivity index (χ3n) is 4.21. The number of ether oxygens (including phenoxy) is 1. The van der Waals surface area contributed by atoms with Gasteiger partial charge in [-0.05, 0) is 32.2 Å². The zero-order chi connectivity index (χ0) is 13.0. The van der Waals surface area contributed by atoms with Crippen LogP contribution in [-0.2, 0) is 4.74 Å². The first-order valence-corrected chi connectivity index (χ1v) is 7.12. The van der Waals surface area contributed by atoms with E-state index in [1.165, 1.54) is 32.1 Å². The highest BCUT2D eigenvalue weighted by Gasteiger charge is 2.37. The predicted molar refractivity (Wildman–Crippen MR) is 70.4 cm³/mol. The summed E-state index contributed by atoms with van der Waals surface area (Å²) in [6.45, 7) is 4.48. The molecule has 2 atom stereocenters. The van der Waals surface area contributed by atoms with Gasteiger partial charge in [0.25, 0.3) is 0 Å². The summed E-state index contributed by atoms with van der Waals surface area (Å²) in [5, 5.41) is 3.58. The Morgan fingerprint density at radius 1 is 1.39 bits per heavy atom. The van der Waals surface area contributed by atoms with Gasteiger partial charge in [0.2, 0.25) is 0 Å². The second kappa shape index (κ2) is 6.38. The minimum absolute atomic E-state index is 0.425. The fourth-order valence-electron chi connectivity index (χ4n) is 3.55. The number of carbonyl (C=O) groups excluding carboxylic acids is 1. The molecule has 5 nitrogen and oxygen atoms in total. The highest BCUT2D eigenvalue weighted by Crippen LogP contribution is 2.33. The SMILES string of the molecule is CCNC1CC2CCCC(C1)N2CCOC(N)=O. The summed E-state index contributed by atoms with van der Waals surface area (Å²) < 4.78 is 4.87. The number of hydrogen-bond donors (Lipinski definition) is 2. The van der Waals surface area contributed by atoms with Crippen LogP contribution in [0.1, 0.15) is 39.0 Å². The first-order chi connectivity index (χ1) is 8.70. The number of amides is 1. The number of rotatable bonds is 5. The molecular formula is C13H25N3O2. The lowest BCUT2D eigenvalue weighted by Crippen LogP contribution is -2.57. The zero-order valence-corrected chi connectivity index (χ0v) is 11.2. The average molecular weight is 255 g/mol. The fraction of sp³-hybridized carbons (Fsp3) is 0.923. The van der Waals surface area contributed by atoms with E-state index in [1.54, 1.807) is 0 Å². The molecule has 18 heavy (non-hydrogen) atoms. The Morgan fingerprint density at radius 2 is 2.06 bits per heavy atom. The van der Waals surface area contributed by atoms with Gasteiger partial charge < -0.3 is 15.8 Å². The number of fused-ring (bicyclic) bond motifs is 2. The lowest BCUT2D eigenvalue weighted by Gasteiger charge is -2.49. The molecule has 0 aromatic rings. The number of carbonyl (C=O) groups is 1. The molecule has 2 fully saturated rings. The molecule has 0 aromatic carbocycles. The molecule has 3 N–H and O–H groups in total. The van der Waals surface area contributed by atoms with Crippen LogP contribution in [0.3, 0.4) is 0 Å². The number of nitrogens with one attached hydrogen (secondary N) is 1. The van der Waals surface area contributed by atoms with Crippen molar-refractivity contribution in [2.75, 3.05) is 19.7 Å². The van der Waals surface area contributed by atoms with Crippen LogP contribution in [0, 0.1) is 0 Å². The van der Waals surface area contributed by atoms with Gasteiger partial charge in [-0.25, -0.2) is 4.79 Å². The molecule has 1 amide bonds. The molecule has 2 saturated heterocycles. The monoisotopic (exact) mass is 255 g/mol. The lowest BCUT2D eigenvalue weighted by atomic mass is 9.82. The lowest BCUT2D eigenvalue weighted by molar-refractivity contribution is 0.0105. The second-order valence-electron chi connectivity index (χ2n) is 5.37. The topological polar surface area (TPSA) is 67.6 Å². The van der Waals surface area contributed by atoms with Crippen molar-refractivity contribution in [3.05, 3.63) is 0 Å². The molecule has 2 aliphatic heterocycles. The zero-order valence-electron chi connectivity index (χ0n) is 11.2. The molecule has 5 heteroatoms. The smallest absolute Gasteiger partial charge is 0.404 e. The van der Waals surface area contributed by atoms with Crippen molar-refractivity contribution >= 4 is 6.09 Å². The third-order valence-corrected chi connectivity index (χ3v) is 4.21. The van der Waals surface area contributed by atoms with E-state index in [9.17, 15) is 4.79 Å². The van der Waals surface area contributed by atoms with Gasteiger partial charge in [-0.1, -0.05) is 13.3 Å². The fourth-order valence-corrected chi connectivity index (χ4v) is 3.55. The van der Waals surface area contributed by atoms with Gasteiger partial charge in [0, 0.05) is 24.7 Å². The van der Waals surface area contributed by atoms with Gasteiger partial charge in [0.1, 0.15) is 6.61 Å². The van der Waals surface area contributed by atoms with Crippen LogP contribution < -0.4 is 11.1 Å². The van der Waals surface area contributed by atoms with Crippen LogP contribution in [-0.4, -0.2) is 48.8 Å². The van der Waals surface area contributed by atoms with Gasteiger partial charge >= 0.3 is 6.09 Å². The van der Waals surface area contributed by atoms with E-state index in [0.717, 1.165) is 13.1 Å². The minimum Gasteiger partial charge on any atom is -0.448 e. The van der Waals surface area contributed by atoms with E-state index >= 15 is 0 Å². The first-order valence-electron chi connectivity index (χ1n) is 7.12. The molecule has 0 aromatic heterocycles. The highest BCUT2D eigenvalue weighted by molar-refractivity contribution is 5.64. The van der Waals surface area contributed by atoms with Gasteiger partial charge in [0.15, 0.2) is 0 Å². The maximum absolute atomic E-state index is 10.6. The first kappa shape index (κ1) is 13.6. The molecule has 2 bridgehead atoms. The molecule has 0 radical (unpaired) electrons. The van der Waals surface area contributed by atoms with Gasteiger partial charge in [-0.15, -0.1) is 0 Å². The van der Waals surface area contributed by atoms with Crippen molar-refractivity contribution in [2.45, 2.75) is 57.2 Å². The Kier molecular flexibility index (Phi) is 4.83. The maximum Gasteiger partial charge on any atom is 0.404 e. The summed E-state index contributed by atoms with van der Waals surface area (Å²) >= 11 is 0. The normalized spacial score (nSPS) is 32.2. The number of nitrogens with two attached hydrogens (primary N) is 1. The van der Waals surface area contributed by atoms with Crippen molar-refractivity contribution in [3.8, 4) is 0 Å². The van der Waals surface area contributed by atoms with Crippen LogP contribution in [0.15, 0.2) is 0 Å². The van der Waals surface area contributed by atoms with Crippen LogP contribution in [0.5, 0.6) is 0 Å². The van der Waals surface area contributed by atoms with Crippen LogP contribution in [0.4, 0.5) is 4.79 Å². The summed E-state index contributed by atoms with van der Waals surface area (Å²) in [4.78, 5) is 13.1. The van der Waals surface area contributed by atoms with E-state index in [0.29, 0.717) is 24.7 Å². The van der Waals surface area contributed by atoms with Crippen LogP contribution in [0.25, 0.3) is 0 Å². The summed E-state index contributed by atoms with van der Waals surface area (Å²) in [5.74, 6) is 0. The summed E-state index contributed by atoms with van der Waals surface area (Å²) in [6, 6.07) is 1.97. The van der Waals surface area contributed by atoms with Crippen LogP contribution in [0.2, 0.25) is 0 Å². The molecule has 104 valence electrons. The molecule has 0 saturated carbocycles. The Labute approximate surface area is 109 Å². The quantitative estimate of drug-likeness (QED) is 0.771. The Bertz CT molecular complexity index is 271. The Balaban J connectivity index is 1.85. The van der Waals surface area contributed by atoms with E-state index in [-0.39, 0.29) is 0 Å². The summed E-state index contributed by atoms with van der Waals surface area (Å²) in [6.07, 6.45) is 5.66. The van der Waals surface area contributed by atoms with Crippen molar-refractivity contribution in [1.82, 2.24) is 10.2 Å². The molecule has 2 unspecified atom stereocenters. The Hall–Kier alpha value is -0.810. The van der Waals surface area contributed by atoms with Crippen LogP contribution >= 0.6 is 0 Å². The van der Waals surface area contributed by atoms with Gasteiger partial charge in [0.05, 0.1) is 0 Å². The molecule has 2 heterocycles. The van der Waals surface area contributed by atoms with Gasteiger partial charge in [-0.3, -0.25) is 4.90 Å².